The normalized spacial score (nSPS) is 21.7. The zero-order chi connectivity index (χ0) is 13.9. The van der Waals surface area contributed by atoms with Crippen molar-refractivity contribution >= 4 is 9.84 Å². The molecule has 1 fully saturated rings. The molecule has 1 aliphatic heterocycles. The van der Waals surface area contributed by atoms with E-state index in [1.54, 1.807) is 13.3 Å². The lowest BCUT2D eigenvalue weighted by atomic mass is 10.2. The predicted octanol–water partition coefficient (Wildman–Crippen LogP) is 1.10. The van der Waals surface area contributed by atoms with Gasteiger partial charge in [-0.2, -0.15) is 0 Å². The smallest absolute Gasteiger partial charge is 0.213 e. The van der Waals surface area contributed by atoms with E-state index in [0.29, 0.717) is 11.6 Å². The summed E-state index contributed by atoms with van der Waals surface area (Å²) in [5.41, 5.74) is 1.10. The summed E-state index contributed by atoms with van der Waals surface area (Å²) in [5, 5.41) is 0. The highest BCUT2D eigenvalue weighted by Crippen LogP contribution is 2.20. The number of methoxy groups -OCH3 is 1. The molecule has 1 aliphatic rings. The van der Waals surface area contributed by atoms with E-state index in [1.165, 1.54) is 0 Å². The highest BCUT2D eigenvalue weighted by Gasteiger charge is 2.31. The van der Waals surface area contributed by atoms with Gasteiger partial charge in [0.2, 0.25) is 5.88 Å². The Morgan fingerprint density at radius 2 is 2.32 bits per heavy atom. The van der Waals surface area contributed by atoms with E-state index in [9.17, 15) is 8.42 Å². The third-order valence-corrected chi connectivity index (χ3v) is 5.28. The maximum absolute atomic E-state index is 11.6. The molecule has 0 saturated carbocycles. The topological polar surface area (TPSA) is 59.5 Å². The van der Waals surface area contributed by atoms with E-state index in [4.69, 9.17) is 4.74 Å². The molecule has 1 aromatic heterocycles. The minimum Gasteiger partial charge on any atom is -0.481 e. The lowest BCUT2D eigenvalue weighted by molar-refractivity contribution is 0.214. The van der Waals surface area contributed by atoms with Crippen LogP contribution in [0.3, 0.4) is 0 Å². The molecule has 0 unspecified atom stereocenters. The fraction of sp³-hybridized carbons (Fsp3) is 0.615. The van der Waals surface area contributed by atoms with E-state index >= 15 is 0 Å². The van der Waals surface area contributed by atoms with Crippen molar-refractivity contribution in [3.8, 4) is 5.88 Å². The molecule has 0 aliphatic carbocycles. The average Bonchev–Trinajstić information content (AvgIpc) is 2.76. The van der Waals surface area contributed by atoms with Gasteiger partial charge in [-0.1, -0.05) is 6.92 Å². The average molecular weight is 284 g/mol. The molecule has 2 rings (SSSR count). The maximum atomic E-state index is 11.6. The number of pyridine rings is 1. The second-order valence-electron chi connectivity index (χ2n) is 4.83. The van der Waals surface area contributed by atoms with Crippen LogP contribution < -0.4 is 4.74 Å². The van der Waals surface area contributed by atoms with Crippen LogP contribution >= 0.6 is 0 Å². The van der Waals surface area contributed by atoms with Crippen molar-refractivity contribution in [1.82, 2.24) is 9.88 Å². The Labute approximate surface area is 114 Å². The Morgan fingerprint density at radius 1 is 1.53 bits per heavy atom. The summed E-state index contributed by atoms with van der Waals surface area (Å²) in [6.07, 6.45) is 2.45. The number of rotatable bonds is 5. The molecule has 0 radical (unpaired) electrons. The Morgan fingerprint density at radius 3 is 2.89 bits per heavy atom. The van der Waals surface area contributed by atoms with Gasteiger partial charge in [0.25, 0.3) is 0 Å². The third kappa shape index (κ3) is 3.67. The quantitative estimate of drug-likeness (QED) is 0.810. The van der Waals surface area contributed by atoms with Crippen LogP contribution in [0.4, 0.5) is 0 Å². The Hall–Kier alpha value is -1.14. The van der Waals surface area contributed by atoms with Crippen molar-refractivity contribution in [3.05, 3.63) is 23.9 Å². The lowest BCUT2D eigenvalue weighted by Gasteiger charge is -2.26. The molecule has 19 heavy (non-hydrogen) atoms. The SMILES string of the molecule is CCN(Cc1ccnc(OC)c1)[C@H]1CCS(=O)(=O)C1. The van der Waals surface area contributed by atoms with Crippen molar-refractivity contribution in [2.24, 2.45) is 0 Å². The van der Waals surface area contributed by atoms with Gasteiger partial charge in [-0.3, -0.25) is 4.90 Å². The van der Waals surface area contributed by atoms with Crippen LogP contribution in [0, 0.1) is 0 Å². The molecule has 0 aromatic carbocycles. The van der Waals surface area contributed by atoms with Crippen LogP contribution in [-0.4, -0.2) is 49.5 Å². The summed E-state index contributed by atoms with van der Waals surface area (Å²) in [6.45, 7) is 3.63. The second kappa shape index (κ2) is 5.88. The van der Waals surface area contributed by atoms with Gasteiger partial charge < -0.3 is 4.74 Å². The number of sulfone groups is 1. The number of ether oxygens (including phenoxy) is 1. The largest absolute Gasteiger partial charge is 0.481 e. The van der Waals surface area contributed by atoms with Gasteiger partial charge in [-0.25, -0.2) is 13.4 Å². The first-order chi connectivity index (χ1) is 9.04. The Kier molecular flexibility index (Phi) is 4.42. The molecule has 1 saturated heterocycles. The molecule has 0 bridgehead atoms. The summed E-state index contributed by atoms with van der Waals surface area (Å²) in [6, 6.07) is 3.97. The summed E-state index contributed by atoms with van der Waals surface area (Å²) in [5.74, 6) is 1.18. The fourth-order valence-electron chi connectivity index (χ4n) is 2.46. The number of hydrogen-bond donors (Lipinski definition) is 0. The zero-order valence-electron chi connectivity index (χ0n) is 11.4. The molecule has 5 nitrogen and oxygen atoms in total. The van der Waals surface area contributed by atoms with E-state index in [2.05, 4.69) is 16.8 Å². The summed E-state index contributed by atoms with van der Waals surface area (Å²) >= 11 is 0. The van der Waals surface area contributed by atoms with Crippen LogP contribution in [0.2, 0.25) is 0 Å². The van der Waals surface area contributed by atoms with Crippen molar-refractivity contribution in [2.75, 3.05) is 25.2 Å². The highest BCUT2D eigenvalue weighted by atomic mass is 32.2. The molecule has 0 spiro atoms. The first-order valence-electron chi connectivity index (χ1n) is 6.47. The zero-order valence-corrected chi connectivity index (χ0v) is 12.2. The van der Waals surface area contributed by atoms with E-state index in [0.717, 1.165) is 25.1 Å². The Balaban J connectivity index is 2.06. The molecule has 106 valence electrons. The predicted molar refractivity (Wildman–Crippen MR) is 73.9 cm³/mol. The van der Waals surface area contributed by atoms with Gasteiger partial charge >= 0.3 is 0 Å². The standard InChI is InChI=1S/C13H20N2O3S/c1-3-15(12-5-7-19(16,17)10-12)9-11-4-6-14-13(8-11)18-2/h4,6,8,12H,3,5,7,9-10H2,1-2H3/t12-/m0/s1. The molecule has 6 heteroatoms. The number of aromatic nitrogens is 1. The third-order valence-electron chi connectivity index (χ3n) is 3.53. The van der Waals surface area contributed by atoms with Crippen molar-refractivity contribution in [2.45, 2.75) is 25.9 Å². The first kappa shape index (κ1) is 14.3. The van der Waals surface area contributed by atoms with Crippen LogP contribution in [0.25, 0.3) is 0 Å². The molecule has 0 N–H and O–H groups in total. The van der Waals surface area contributed by atoms with Crippen molar-refractivity contribution in [3.63, 3.8) is 0 Å². The number of hydrogen-bond acceptors (Lipinski definition) is 5. The van der Waals surface area contributed by atoms with Crippen LogP contribution in [0.15, 0.2) is 18.3 Å². The summed E-state index contributed by atoms with van der Waals surface area (Å²) in [7, 11) is -1.24. The minimum absolute atomic E-state index is 0.133. The van der Waals surface area contributed by atoms with Crippen LogP contribution in [0.5, 0.6) is 5.88 Å². The van der Waals surface area contributed by atoms with Crippen molar-refractivity contribution < 1.29 is 13.2 Å². The van der Waals surface area contributed by atoms with Crippen LogP contribution in [-0.2, 0) is 16.4 Å². The van der Waals surface area contributed by atoms with Gasteiger partial charge in [-0.15, -0.1) is 0 Å². The molecule has 1 atom stereocenters. The maximum Gasteiger partial charge on any atom is 0.213 e. The summed E-state index contributed by atoms with van der Waals surface area (Å²) < 4.78 is 28.2. The van der Waals surface area contributed by atoms with E-state index < -0.39 is 9.84 Å². The molecule has 0 amide bonds. The molecule has 1 aromatic rings. The van der Waals surface area contributed by atoms with Gasteiger partial charge in [0, 0.05) is 24.8 Å². The van der Waals surface area contributed by atoms with Crippen LogP contribution in [0.1, 0.15) is 18.9 Å². The van der Waals surface area contributed by atoms with E-state index in [1.807, 2.05) is 12.1 Å². The molecule has 2 heterocycles. The van der Waals surface area contributed by atoms with Gasteiger partial charge in [-0.05, 0) is 24.6 Å². The Bertz CT molecular complexity index is 530. The second-order valence-corrected chi connectivity index (χ2v) is 7.06. The first-order valence-corrected chi connectivity index (χ1v) is 8.29. The van der Waals surface area contributed by atoms with Gasteiger partial charge in [0.15, 0.2) is 9.84 Å². The highest BCUT2D eigenvalue weighted by molar-refractivity contribution is 7.91. The van der Waals surface area contributed by atoms with Gasteiger partial charge in [0.05, 0.1) is 18.6 Å². The molecular weight excluding hydrogens is 264 g/mol. The summed E-state index contributed by atoms with van der Waals surface area (Å²) in [4.78, 5) is 6.28. The monoisotopic (exact) mass is 284 g/mol. The van der Waals surface area contributed by atoms with Crippen molar-refractivity contribution in [1.29, 1.82) is 0 Å². The van der Waals surface area contributed by atoms with Gasteiger partial charge in [0.1, 0.15) is 0 Å². The fourth-order valence-corrected chi connectivity index (χ4v) is 4.22. The minimum atomic E-state index is -2.83. The lowest BCUT2D eigenvalue weighted by Crippen LogP contribution is -2.35. The van der Waals surface area contributed by atoms with E-state index in [-0.39, 0.29) is 11.8 Å². The number of nitrogens with zero attached hydrogens (tertiary/aromatic N) is 2. The molecular formula is C13H20N2O3S.